The highest BCUT2D eigenvalue weighted by molar-refractivity contribution is 5.97. The summed E-state index contributed by atoms with van der Waals surface area (Å²) in [6, 6.07) is 13.7. The number of phenolic OH excluding ortho intramolecular Hbond substituents is 1. The van der Waals surface area contributed by atoms with Crippen molar-refractivity contribution in [2.75, 3.05) is 24.5 Å². The van der Waals surface area contributed by atoms with E-state index in [1.165, 1.54) is 5.69 Å². The average Bonchev–Trinajstić information content (AvgIpc) is 3.44. The number of aromatic nitrogens is 2. The molecule has 3 aromatic rings. The molecule has 1 saturated heterocycles. The Morgan fingerprint density at radius 3 is 2.84 bits per heavy atom. The molecule has 2 aliphatic heterocycles. The molecular weight excluding hydrogens is 400 g/mol. The molecule has 0 bridgehead atoms. The van der Waals surface area contributed by atoms with Gasteiger partial charge in [0.1, 0.15) is 11.3 Å². The van der Waals surface area contributed by atoms with Crippen LogP contribution in [0.1, 0.15) is 48.3 Å². The van der Waals surface area contributed by atoms with Gasteiger partial charge in [0.05, 0.1) is 16.9 Å². The number of carbonyl (C=O) groups excluding carboxylic acids is 1. The molecule has 1 N–H and O–H groups in total. The van der Waals surface area contributed by atoms with Gasteiger partial charge in [-0.05, 0) is 61.6 Å². The first-order valence-electron chi connectivity index (χ1n) is 11.4. The van der Waals surface area contributed by atoms with E-state index in [2.05, 4.69) is 47.7 Å². The number of anilines is 1. The molecule has 2 aromatic heterocycles. The predicted octanol–water partition coefficient (Wildman–Crippen LogP) is 4.49. The van der Waals surface area contributed by atoms with Crippen molar-refractivity contribution in [3.63, 3.8) is 0 Å². The number of aromatic hydroxyl groups is 1. The van der Waals surface area contributed by atoms with E-state index >= 15 is 0 Å². The van der Waals surface area contributed by atoms with Gasteiger partial charge in [0.25, 0.3) is 5.91 Å². The van der Waals surface area contributed by atoms with Gasteiger partial charge in [-0.15, -0.1) is 0 Å². The Bertz CT molecular complexity index is 1170. The maximum Gasteiger partial charge on any atom is 0.257 e. The highest BCUT2D eigenvalue weighted by Crippen LogP contribution is 2.47. The highest BCUT2D eigenvalue weighted by Gasteiger charge is 2.50. The Balaban J connectivity index is 1.56. The van der Waals surface area contributed by atoms with Crippen LogP contribution in [-0.4, -0.2) is 45.1 Å². The van der Waals surface area contributed by atoms with Crippen LogP contribution in [0.4, 0.5) is 5.69 Å². The topological polar surface area (TPSA) is 61.6 Å². The Morgan fingerprint density at radius 1 is 1.19 bits per heavy atom. The Kier molecular flexibility index (Phi) is 4.96. The van der Waals surface area contributed by atoms with Crippen molar-refractivity contribution in [3.05, 3.63) is 71.7 Å². The van der Waals surface area contributed by atoms with Crippen LogP contribution in [0.15, 0.2) is 54.9 Å². The van der Waals surface area contributed by atoms with Gasteiger partial charge >= 0.3 is 0 Å². The lowest BCUT2D eigenvalue weighted by Crippen LogP contribution is -2.53. The summed E-state index contributed by atoms with van der Waals surface area (Å²) in [5.74, 6) is 1.49. The average molecular weight is 431 g/mol. The van der Waals surface area contributed by atoms with E-state index in [4.69, 9.17) is 4.98 Å². The van der Waals surface area contributed by atoms with E-state index in [0.717, 1.165) is 36.5 Å². The Labute approximate surface area is 189 Å². The minimum Gasteiger partial charge on any atom is -0.507 e. The molecule has 0 radical (unpaired) electrons. The molecule has 2 aliphatic rings. The predicted molar refractivity (Wildman–Crippen MR) is 125 cm³/mol. The number of para-hydroxylation sites is 1. The zero-order chi connectivity index (χ0) is 22.5. The second-order valence-corrected chi connectivity index (χ2v) is 9.42. The van der Waals surface area contributed by atoms with Crippen molar-refractivity contribution in [1.82, 2.24) is 14.5 Å². The van der Waals surface area contributed by atoms with Crippen LogP contribution < -0.4 is 4.90 Å². The van der Waals surface area contributed by atoms with Crippen LogP contribution in [0.2, 0.25) is 0 Å². The number of pyridine rings is 1. The van der Waals surface area contributed by atoms with E-state index in [0.29, 0.717) is 24.6 Å². The first-order valence-corrected chi connectivity index (χ1v) is 11.4. The largest absolute Gasteiger partial charge is 0.507 e. The van der Waals surface area contributed by atoms with Crippen LogP contribution in [0.25, 0.3) is 5.82 Å². The number of phenols is 1. The van der Waals surface area contributed by atoms with Gasteiger partial charge in [-0.1, -0.05) is 26.0 Å². The van der Waals surface area contributed by atoms with Crippen LogP contribution in [0.5, 0.6) is 5.75 Å². The molecule has 5 rings (SSSR count). The normalized spacial score (nSPS) is 19.5. The lowest BCUT2D eigenvalue weighted by Gasteiger charge is -2.47. The van der Waals surface area contributed by atoms with E-state index in [-0.39, 0.29) is 17.2 Å². The third-order valence-electron chi connectivity index (χ3n) is 6.96. The maximum atomic E-state index is 13.4. The number of rotatable bonds is 4. The highest BCUT2D eigenvalue weighted by atomic mass is 16.3. The minimum atomic E-state index is -0.316. The van der Waals surface area contributed by atoms with Crippen molar-refractivity contribution in [1.29, 1.82) is 0 Å². The number of carbonyl (C=O) groups is 1. The first-order chi connectivity index (χ1) is 15.4. The second-order valence-electron chi connectivity index (χ2n) is 9.42. The van der Waals surface area contributed by atoms with Crippen LogP contribution in [0, 0.1) is 12.8 Å². The third-order valence-corrected chi connectivity index (χ3v) is 6.96. The molecule has 0 saturated carbocycles. The standard InChI is InChI=1S/C26H30N4O2/c1-18(2)11-15-30-21-9-5-13-27-24(21)29-14-6-10-22(29)26(30)12-16-28(17-26)25(32)20-8-4-7-19(3)23(20)31/h4-10,13-14,18,31H,11-12,15-17H2,1-3H3/t26-/m0/s1. The quantitative estimate of drug-likeness (QED) is 0.662. The molecule has 1 amide bonds. The van der Waals surface area contributed by atoms with Gasteiger partial charge in [0, 0.05) is 32.0 Å². The fourth-order valence-electron chi connectivity index (χ4n) is 5.22. The second kappa shape index (κ2) is 7.69. The number of nitrogens with zero attached hydrogens (tertiary/aromatic N) is 4. The number of fused-ring (bicyclic) bond motifs is 4. The van der Waals surface area contributed by atoms with E-state index < -0.39 is 0 Å². The van der Waals surface area contributed by atoms with Gasteiger partial charge in [-0.3, -0.25) is 4.79 Å². The van der Waals surface area contributed by atoms with Crippen molar-refractivity contribution in [2.45, 2.75) is 39.2 Å². The molecule has 32 heavy (non-hydrogen) atoms. The fraction of sp³-hybridized carbons (Fsp3) is 0.385. The fourth-order valence-corrected chi connectivity index (χ4v) is 5.22. The SMILES string of the molecule is Cc1cccc(C(=O)N2CC[C@]3(C2)c2cccn2-c2ncccc2N3CCC(C)C)c1O. The Hall–Kier alpha value is -3.28. The van der Waals surface area contributed by atoms with Crippen LogP contribution >= 0.6 is 0 Å². The van der Waals surface area contributed by atoms with Crippen molar-refractivity contribution < 1.29 is 9.90 Å². The van der Waals surface area contributed by atoms with Gasteiger partial charge in [0.15, 0.2) is 5.82 Å². The van der Waals surface area contributed by atoms with Crippen molar-refractivity contribution in [2.24, 2.45) is 5.92 Å². The number of aryl methyl sites for hydroxylation is 1. The molecule has 1 aromatic carbocycles. The molecule has 1 spiro atoms. The summed E-state index contributed by atoms with van der Waals surface area (Å²) in [7, 11) is 0. The summed E-state index contributed by atoms with van der Waals surface area (Å²) in [4.78, 5) is 22.5. The summed E-state index contributed by atoms with van der Waals surface area (Å²) in [5.41, 5.74) is 3.07. The van der Waals surface area contributed by atoms with Crippen molar-refractivity contribution in [3.8, 4) is 11.6 Å². The molecule has 1 atom stereocenters. The lowest BCUT2D eigenvalue weighted by molar-refractivity contribution is 0.0778. The smallest absolute Gasteiger partial charge is 0.257 e. The van der Waals surface area contributed by atoms with Gasteiger partial charge in [-0.25, -0.2) is 4.98 Å². The zero-order valence-corrected chi connectivity index (χ0v) is 19.0. The van der Waals surface area contributed by atoms with E-state index in [9.17, 15) is 9.90 Å². The molecule has 6 nitrogen and oxygen atoms in total. The number of benzene rings is 1. The summed E-state index contributed by atoms with van der Waals surface area (Å²) < 4.78 is 2.18. The van der Waals surface area contributed by atoms with Gasteiger partial charge in [0.2, 0.25) is 0 Å². The third kappa shape index (κ3) is 3.08. The van der Waals surface area contributed by atoms with E-state index in [1.54, 1.807) is 6.07 Å². The Morgan fingerprint density at radius 2 is 2.03 bits per heavy atom. The summed E-state index contributed by atoms with van der Waals surface area (Å²) in [6.45, 7) is 8.44. The zero-order valence-electron chi connectivity index (χ0n) is 19.0. The number of hydrogen-bond acceptors (Lipinski definition) is 4. The number of amides is 1. The van der Waals surface area contributed by atoms with Crippen LogP contribution in [-0.2, 0) is 5.54 Å². The monoisotopic (exact) mass is 430 g/mol. The number of hydrogen-bond donors (Lipinski definition) is 1. The molecule has 1 fully saturated rings. The van der Waals surface area contributed by atoms with Crippen LogP contribution in [0.3, 0.4) is 0 Å². The lowest BCUT2D eigenvalue weighted by atomic mass is 9.88. The molecule has 0 unspecified atom stereocenters. The first kappa shape index (κ1) is 20.6. The molecule has 166 valence electrons. The van der Waals surface area contributed by atoms with Crippen molar-refractivity contribution >= 4 is 11.6 Å². The maximum absolute atomic E-state index is 13.4. The molecular formula is C26H30N4O2. The summed E-state index contributed by atoms with van der Waals surface area (Å²) in [6.07, 6.45) is 5.80. The van der Waals surface area contributed by atoms with E-state index in [1.807, 2.05) is 36.2 Å². The minimum absolute atomic E-state index is 0.0803. The molecule has 0 aliphatic carbocycles. The molecule has 6 heteroatoms. The summed E-state index contributed by atoms with van der Waals surface area (Å²) >= 11 is 0. The van der Waals surface area contributed by atoms with Gasteiger partial charge in [-0.2, -0.15) is 0 Å². The molecule has 4 heterocycles. The number of likely N-dealkylation sites (tertiary alicyclic amines) is 1. The van der Waals surface area contributed by atoms with Gasteiger partial charge < -0.3 is 19.5 Å². The summed E-state index contributed by atoms with van der Waals surface area (Å²) in [5, 5.41) is 10.5.